The molecule has 9 aromatic carbocycles. The van der Waals surface area contributed by atoms with Crippen LogP contribution in [-0.2, 0) is 0 Å². The van der Waals surface area contributed by atoms with E-state index in [0.29, 0.717) is 5.70 Å². The molecule has 0 saturated heterocycles. The van der Waals surface area contributed by atoms with E-state index in [1.54, 1.807) is 0 Å². The molecule has 0 aliphatic carbocycles. The summed E-state index contributed by atoms with van der Waals surface area (Å²) in [5.41, 5.74) is 14.2. The summed E-state index contributed by atoms with van der Waals surface area (Å²) in [4.78, 5) is 7.39. The summed E-state index contributed by atoms with van der Waals surface area (Å²) >= 11 is 0. The number of allylic oxidation sites excluding steroid dienone is 2. The lowest BCUT2D eigenvalue weighted by molar-refractivity contribution is 0.669. The predicted molar refractivity (Wildman–Crippen MR) is 261 cm³/mol. The van der Waals surface area contributed by atoms with Gasteiger partial charge in [0.15, 0.2) is 5.58 Å². The highest BCUT2D eigenvalue weighted by atomic mass is 16.3. The fourth-order valence-corrected chi connectivity index (χ4v) is 8.67. The lowest BCUT2D eigenvalue weighted by Crippen LogP contribution is -2.10. The Bertz CT molecular complexity index is 3520. The van der Waals surface area contributed by atoms with E-state index < -0.39 is 0 Å². The maximum Gasteiger partial charge on any atom is 0.159 e. The number of rotatable bonds is 9. The van der Waals surface area contributed by atoms with Crippen molar-refractivity contribution in [3.05, 3.63) is 236 Å². The van der Waals surface area contributed by atoms with Crippen molar-refractivity contribution >= 4 is 88.7 Å². The summed E-state index contributed by atoms with van der Waals surface area (Å²) in [5.74, 6) is 0. The molecule has 2 heterocycles. The molecule has 0 spiro atoms. The molecule has 0 radical (unpaired) electrons. The molecule has 0 unspecified atom stereocenters. The number of nitrogens with zero attached hydrogens (tertiary/aromatic N) is 2. The summed E-state index contributed by atoms with van der Waals surface area (Å²) in [5, 5.41) is 6.66. The van der Waals surface area contributed by atoms with Crippen LogP contribution < -0.4 is 4.90 Å². The van der Waals surface area contributed by atoms with Gasteiger partial charge in [0.05, 0.1) is 17.1 Å². The van der Waals surface area contributed by atoms with E-state index in [1.165, 1.54) is 5.39 Å². The lowest BCUT2D eigenvalue weighted by atomic mass is 9.93. The highest BCUT2D eigenvalue weighted by Gasteiger charge is 2.21. The van der Waals surface area contributed by atoms with Crippen molar-refractivity contribution < 1.29 is 8.83 Å². The molecule has 4 heteroatoms. The molecule has 11 rings (SSSR count). The zero-order valence-electron chi connectivity index (χ0n) is 34.1. The first kappa shape index (κ1) is 36.8. The van der Waals surface area contributed by atoms with Crippen LogP contribution in [0.4, 0.5) is 17.1 Å². The molecular weight excluding hydrogens is 757 g/mol. The number of anilines is 3. The van der Waals surface area contributed by atoms with Gasteiger partial charge in [-0.1, -0.05) is 152 Å². The number of furan rings is 2. The third-order valence-corrected chi connectivity index (χ3v) is 11.8. The molecule has 0 atom stereocenters. The Morgan fingerprint density at radius 3 is 1.89 bits per heavy atom. The molecule has 0 N–H and O–H groups in total. The van der Waals surface area contributed by atoms with Crippen molar-refractivity contribution in [1.82, 2.24) is 0 Å². The van der Waals surface area contributed by atoms with Gasteiger partial charge < -0.3 is 13.7 Å². The van der Waals surface area contributed by atoms with Crippen molar-refractivity contribution in [2.75, 3.05) is 4.90 Å². The van der Waals surface area contributed by atoms with Gasteiger partial charge in [0, 0.05) is 38.5 Å². The van der Waals surface area contributed by atoms with Gasteiger partial charge in [-0.15, -0.1) is 0 Å². The maximum absolute atomic E-state index is 6.78. The van der Waals surface area contributed by atoms with Crippen LogP contribution in [0.25, 0.3) is 77.0 Å². The highest BCUT2D eigenvalue weighted by Crippen LogP contribution is 2.44. The molecule has 0 amide bonds. The van der Waals surface area contributed by atoms with Crippen molar-refractivity contribution in [2.45, 2.75) is 6.92 Å². The van der Waals surface area contributed by atoms with Crippen LogP contribution in [0.1, 0.15) is 23.6 Å². The summed E-state index contributed by atoms with van der Waals surface area (Å²) in [6, 6.07) is 71.7. The SMILES string of the molecule is C=C(/N=C(\C=C(/C)c1cc(-c2ccc(N(c3ccccc3)c3cccc4c3oc3ccccc34)cc2)c2c(c1)oc1cc3ccccc3cc12)c1ccccc1)c1ccccc1. The molecule has 0 bridgehead atoms. The quantitative estimate of drug-likeness (QED) is 0.137. The van der Waals surface area contributed by atoms with Gasteiger partial charge in [0.25, 0.3) is 0 Å². The number of hydrogen-bond donors (Lipinski definition) is 0. The average Bonchev–Trinajstić information content (AvgIpc) is 3.90. The number of para-hydroxylation sites is 3. The zero-order valence-corrected chi connectivity index (χ0v) is 34.1. The third kappa shape index (κ3) is 6.65. The first-order valence-corrected chi connectivity index (χ1v) is 20.9. The van der Waals surface area contributed by atoms with Gasteiger partial charge >= 0.3 is 0 Å². The van der Waals surface area contributed by atoms with E-state index >= 15 is 0 Å². The molecule has 4 nitrogen and oxygen atoms in total. The first-order valence-electron chi connectivity index (χ1n) is 20.9. The van der Waals surface area contributed by atoms with Crippen molar-refractivity contribution in [1.29, 1.82) is 0 Å². The molecule has 0 aliphatic heterocycles. The highest BCUT2D eigenvalue weighted by molar-refractivity contribution is 6.18. The summed E-state index contributed by atoms with van der Waals surface area (Å²) < 4.78 is 13.4. The van der Waals surface area contributed by atoms with Gasteiger partial charge in [0.2, 0.25) is 0 Å². The predicted octanol–water partition coefficient (Wildman–Crippen LogP) is 16.3. The van der Waals surface area contributed by atoms with E-state index in [0.717, 1.165) is 105 Å². The number of benzene rings is 9. The Hall–Kier alpha value is -8.21. The Balaban J connectivity index is 1.08. The van der Waals surface area contributed by atoms with E-state index in [2.05, 4.69) is 164 Å². The monoisotopic (exact) mass is 796 g/mol. The van der Waals surface area contributed by atoms with Gasteiger partial charge in [-0.2, -0.15) is 0 Å². The van der Waals surface area contributed by atoms with Crippen molar-refractivity contribution in [3.8, 4) is 11.1 Å². The van der Waals surface area contributed by atoms with Gasteiger partial charge in [-0.05, 0) is 112 Å². The van der Waals surface area contributed by atoms with Crippen molar-refractivity contribution in [3.63, 3.8) is 0 Å². The largest absolute Gasteiger partial charge is 0.456 e. The van der Waals surface area contributed by atoms with Crippen LogP contribution >= 0.6 is 0 Å². The second-order valence-corrected chi connectivity index (χ2v) is 15.7. The van der Waals surface area contributed by atoms with Gasteiger partial charge in [-0.25, -0.2) is 4.99 Å². The fraction of sp³-hybridized carbons (Fsp3) is 0.0172. The minimum absolute atomic E-state index is 0.704. The Morgan fingerprint density at radius 2 is 1.13 bits per heavy atom. The normalized spacial score (nSPS) is 12.2. The number of aliphatic imine (C=N–C) groups is 1. The Morgan fingerprint density at radius 1 is 0.500 bits per heavy atom. The van der Waals surface area contributed by atoms with E-state index in [1.807, 2.05) is 66.7 Å². The van der Waals surface area contributed by atoms with Crippen LogP contribution in [-0.4, -0.2) is 5.71 Å². The van der Waals surface area contributed by atoms with Gasteiger partial charge in [0.1, 0.15) is 16.7 Å². The molecular formula is C58H40N2O2. The fourth-order valence-electron chi connectivity index (χ4n) is 8.67. The molecule has 0 aliphatic rings. The number of fused-ring (bicyclic) bond motifs is 7. The standard InChI is InChI=1S/C58H40N2O2/c1-38(33-52(42-19-8-4-9-20-42)59-39(2)40-17-6-3-7-18-40)45-35-50(57-51-34-43-21-12-13-22-44(43)36-55(51)61-56(57)37-45)41-29-31-47(32-30-41)60(46-23-10-5-11-24-46)53-27-16-26-49-48-25-14-15-28-54(48)62-58(49)53/h3-37H,2H2,1H3/b38-33+,59-52+. The molecule has 294 valence electrons. The molecule has 0 fully saturated rings. The Labute approximate surface area is 359 Å². The smallest absolute Gasteiger partial charge is 0.159 e. The topological polar surface area (TPSA) is 41.9 Å². The van der Waals surface area contributed by atoms with Crippen LogP contribution in [0, 0.1) is 0 Å². The van der Waals surface area contributed by atoms with Gasteiger partial charge in [-0.3, -0.25) is 0 Å². The van der Waals surface area contributed by atoms with Crippen LogP contribution in [0.5, 0.6) is 0 Å². The summed E-state index contributed by atoms with van der Waals surface area (Å²) in [6.45, 7) is 6.50. The second-order valence-electron chi connectivity index (χ2n) is 15.7. The maximum atomic E-state index is 6.78. The van der Waals surface area contributed by atoms with Crippen LogP contribution in [0.15, 0.2) is 233 Å². The molecule has 2 aromatic heterocycles. The van der Waals surface area contributed by atoms with Crippen molar-refractivity contribution in [2.24, 2.45) is 4.99 Å². The van der Waals surface area contributed by atoms with Crippen LogP contribution in [0.2, 0.25) is 0 Å². The van der Waals surface area contributed by atoms with Crippen LogP contribution in [0.3, 0.4) is 0 Å². The van der Waals surface area contributed by atoms with E-state index in [-0.39, 0.29) is 0 Å². The van der Waals surface area contributed by atoms with E-state index in [4.69, 9.17) is 13.8 Å². The lowest BCUT2D eigenvalue weighted by Gasteiger charge is -2.25. The Kier molecular flexibility index (Phi) is 9.17. The zero-order chi connectivity index (χ0) is 41.6. The summed E-state index contributed by atoms with van der Waals surface area (Å²) in [6.07, 6.45) is 2.16. The second kappa shape index (κ2) is 15.4. The molecule has 62 heavy (non-hydrogen) atoms. The first-order chi connectivity index (χ1) is 30.6. The molecule has 11 aromatic rings. The minimum Gasteiger partial charge on any atom is -0.456 e. The minimum atomic E-state index is 0.704. The van der Waals surface area contributed by atoms with E-state index in [9.17, 15) is 0 Å². The third-order valence-electron chi connectivity index (χ3n) is 11.8. The number of hydrogen-bond acceptors (Lipinski definition) is 4. The summed E-state index contributed by atoms with van der Waals surface area (Å²) in [7, 11) is 0. The average molecular weight is 797 g/mol. The molecule has 0 saturated carbocycles.